The predicted octanol–water partition coefficient (Wildman–Crippen LogP) is 8.05. The van der Waals surface area contributed by atoms with Gasteiger partial charge in [-0.1, -0.05) is 56.1 Å². The van der Waals surface area contributed by atoms with Gasteiger partial charge in [-0.25, -0.2) is 0 Å². The lowest BCUT2D eigenvalue weighted by Gasteiger charge is -2.08. The molecule has 0 heterocycles. The van der Waals surface area contributed by atoms with Gasteiger partial charge in [-0.2, -0.15) is 0 Å². The standard InChI is InChI=1S/C22H26Br2Cl2O/c23-21-9-7-17(15-25)13-19(21)5-1-3-11-27-12-4-2-6-20-14-18(16-26)8-10-22(20)24/h7-10,13-14H,1-6,11-12,15-16H2. The highest BCUT2D eigenvalue weighted by atomic mass is 79.9. The van der Waals surface area contributed by atoms with Crippen LogP contribution in [-0.4, -0.2) is 13.2 Å². The molecule has 0 radical (unpaired) electrons. The van der Waals surface area contributed by atoms with Crippen LogP contribution in [0.3, 0.4) is 0 Å². The van der Waals surface area contributed by atoms with Crippen molar-refractivity contribution in [2.75, 3.05) is 13.2 Å². The third-order valence-corrected chi connectivity index (χ3v) is 6.66. The van der Waals surface area contributed by atoms with E-state index in [4.69, 9.17) is 27.9 Å². The first-order valence-corrected chi connectivity index (χ1v) is 12.0. The number of hydrogen-bond acceptors (Lipinski definition) is 1. The van der Waals surface area contributed by atoms with Gasteiger partial charge in [0.2, 0.25) is 0 Å². The van der Waals surface area contributed by atoms with E-state index in [0.29, 0.717) is 11.8 Å². The molecular weight excluding hydrogens is 511 g/mol. The van der Waals surface area contributed by atoms with Gasteiger partial charge in [0, 0.05) is 33.9 Å². The summed E-state index contributed by atoms with van der Waals surface area (Å²) in [5.41, 5.74) is 5.01. The Morgan fingerprint density at radius 3 is 1.52 bits per heavy atom. The van der Waals surface area contributed by atoms with E-state index >= 15 is 0 Å². The molecule has 0 aromatic heterocycles. The van der Waals surface area contributed by atoms with Gasteiger partial charge in [0.25, 0.3) is 0 Å². The van der Waals surface area contributed by atoms with Crippen molar-refractivity contribution in [2.24, 2.45) is 0 Å². The number of alkyl halides is 2. The lowest BCUT2D eigenvalue weighted by atomic mass is 10.1. The SMILES string of the molecule is ClCc1ccc(Br)c(CCCCOCCCCc2cc(CCl)ccc2Br)c1. The summed E-state index contributed by atoms with van der Waals surface area (Å²) in [4.78, 5) is 0. The molecule has 148 valence electrons. The van der Waals surface area contributed by atoms with Gasteiger partial charge in [0.05, 0.1) is 0 Å². The zero-order valence-corrected chi connectivity index (χ0v) is 20.1. The Bertz CT molecular complexity index is 647. The number of benzene rings is 2. The Labute approximate surface area is 190 Å². The lowest BCUT2D eigenvalue weighted by Crippen LogP contribution is -1.99. The highest BCUT2D eigenvalue weighted by molar-refractivity contribution is 9.10. The summed E-state index contributed by atoms with van der Waals surface area (Å²) in [7, 11) is 0. The lowest BCUT2D eigenvalue weighted by molar-refractivity contribution is 0.127. The molecule has 0 amide bonds. The molecule has 0 bridgehead atoms. The molecule has 0 atom stereocenters. The molecule has 0 saturated heterocycles. The summed E-state index contributed by atoms with van der Waals surface area (Å²) < 4.78 is 8.13. The summed E-state index contributed by atoms with van der Waals surface area (Å²) in [5, 5.41) is 0. The van der Waals surface area contributed by atoms with Crippen molar-refractivity contribution in [2.45, 2.75) is 50.3 Å². The number of halogens is 4. The molecule has 0 aliphatic carbocycles. The largest absolute Gasteiger partial charge is 0.381 e. The molecule has 0 unspecified atom stereocenters. The third kappa shape index (κ3) is 8.45. The van der Waals surface area contributed by atoms with Crippen molar-refractivity contribution in [3.05, 3.63) is 67.6 Å². The summed E-state index contributed by atoms with van der Waals surface area (Å²) in [5.74, 6) is 1.13. The van der Waals surface area contributed by atoms with Crippen molar-refractivity contribution in [3.8, 4) is 0 Å². The van der Waals surface area contributed by atoms with E-state index in [2.05, 4.69) is 68.3 Å². The molecule has 0 saturated carbocycles. The second-order valence-corrected chi connectivity index (χ2v) is 8.89. The summed E-state index contributed by atoms with van der Waals surface area (Å²) >= 11 is 19.1. The third-order valence-electron chi connectivity index (χ3n) is 4.50. The van der Waals surface area contributed by atoms with E-state index in [1.54, 1.807) is 0 Å². The highest BCUT2D eigenvalue weighted by Crippen LogP contribution is 2.22. The first-order chi connectivity index (χ1) is 13.1. The van der Waals surface area contributed by atoms with Gasteiger partial charge < -0.3 is 4.74 Å². The molecular formula is C22H26Br2Cl2O. The molecule has 0 spiro atoms. The highest BCUT2D eigenvalue weighted by Gasteiger charge is 2.03. The number of hydrogen-bond donors (Lipinski definition) is 0. The van der Waals surface area contributed by atoms with Crippen LogP contribution in [0.4, 0.5) is 0 Å². The van der Waals surface area contributed by atoms with Crippen molar-refractivity contribution < 1.29 is 4.74 Å². The maximum absolute atomic E-state index is 5.91. The number of ether oxygens (including phenoxy) is 1. The molecule has 0 aliphatic rings. The summed E-state index contributed by atoms with van der Waals surface area (Å²) in [6.45, 7) is 1.66. The first kappa shape index (κ1) is 23.2. The van der Waals surface area contributed by atoms with Crippen LogP contribution in [0.2, 0.25) is 0 Å². The fourth-order valence-corrected chi connectivity index (χ4v) is 4.17. The molecule has 2 aromatic carbocycles. The average molecular weight is 537 g/mol. The second kappa shape index (κ2) is 13.2. The molecule has 27 heavy (non-hydrogen) atoms. The first-order valence-electron chi connectivity index (χ1n) is 9.38. The minimum atomic E-state index is 0.566. The fourth-order valence-electron chi connectivity index (χ4n) is 2.95. The van der Waals surface area contributed by atoms with Crippen LogP contribution in [0.5, 0.6) is 0 Å². The minimum Gasteiger partial charge on any atom is -0.381 e. The molecule has 0 aliphatic heterocycles. The van der Waals surface area contributed by atoms with Crippen molar-refractivity contribution in [1.82, 2.24) is 0 Å². The van der Waals surface area contributed by atoms with Gasteiger partial charge in [-0.05, 0) is 72.9 Å². The van der Waals surface area contributed by atoms with E-state index in [9.17, 15) is 0 Å². The fraction of sp³-hybridized carbons (Fsp3) is 0.455. The zero-order valence-electron chi connectivity index (χ0n) is 15.5. The Balaban J connectivity index is 1.55. The molecule has 2 rings (SSSR count). The van der Waals surface area contributed by atoms with Crippen LogP contribution in [0.15, 0.2) is 45.3 Å². The minimum absolute atomic E-state index is 0.566. The van der Waals surface area contributed by atoms with Crippen molar-refractivity contribution in [3.63, 3.8) is 0 Å². The van der Waals surface area contributed by atoms with Crippen LogP contribution in [0, 0.1) is 0 Å². The number of rotatable bonds is 12. The topological polar surface area (TPSA) is 9.23 Å². The molecule has 5 heteroatoms. The maximum atomic E-state index is 5.91. The second-order valence-electron chi connectivity index (χ2n) is 6.65. The van der Waals surface area contributed by atoms with Crippen LogP contribution < -0.4 is 0 Å². The van der Waals surface area contributed by atoms with E-state index in [0.717, 1.165) is 51.7 Å². The van der Waals surface area contributed by atoms with E-state index < -0.39 is 0 Å². The average Bonchev–Trinajstić information content (AvgIpc) is 2.69. The van der Waals surface area contributed by atoms with E-state index in [1.165, 1.54) is 31.2 Å². The van der Waals surface area contributed by atoms with Gasteiger partial charge in [0.15, 0.2) is 0 Å². The molecule has 1 nitrogen and oxygen atoms in total. The normalized spacial score (nSPS) is 11.1. The maximum Gasteiger partial charge on any atom is 0.0474 e. The van der Waals surface area contributed by atoms with Crippen LogP contribution >= 0.6 is 55.1 Å². The van der Waals surface area contributed by atoms with E-state index in [-0.39, 0.29) is 0 Å². The summed E-state index contributed by atoms with van der Waals surface area (Å²) in [6, 6.07) is 12.7. The smallest absolute Gasteiger partial charge is 0.0474 e. The predicted molar refractivity (Wildman–Crippen MR) is 124 cm³/mol. The van der Waals surface area contributed by atoms with Gasteiger partial charge >= 0.3 is 0 Å². The van der Waals surface area contributed by atoms with Crippen molar-refractivity contribution >= 4 is 55.1 Å². The Kier molecular flexibility index (Phi) is 11.4. The van der Waals surface area contributed by atoms with Gasteiger partial charge in [-0.15, -0.1) is 23.2 Å². The van der Waals surface area contributed by atoms with E-state index in [1.807, 2.05) is 0 Å². The van der Waals surface area contributed by atoms with Gasteiger partial charge in [0.1, 0.15) is 0 Å². The summed E-state index contributed by atoms with van der Waals surface area (Å²) in [6.07, 6.45) is 6.53. The Morgan fingerprint density at radius 2 is 1.11 bits per heavy atom. The Hall–Kier alpha value is -0.0600. The molecule has 2 aromatic rings. The van der Waals surface area contributed by atoms with Gasteiger partial charge in [-0.3, -0.25) is 0 Å². The molecule has 0 fully saturated rings. The van der Waals surface area contributed by atoms with Crippen LogP contribution in [0.25, 0.3) is 0 Å². The Morgan fingerprint density at radius 1 is 0.667 bits per heavy atom. The molecule has 0 N–H and O–H groups in total. The number of unbranched alkanes of at least 4 members (excludes halogenated alkanes) is 2. The van der Waals surface area contributed by atoms with Crippen LogP contribution in [0.1, 0.15) is 47.9 Å². The quantitative estimate of drug-likeness (QED) is 0.197. The monoisotopic (exact) mass is 534 g/mol. The zero-order chi connectivity index (χ0) is 19.5. The van der Waals surface area contributed by atoms with Crippen LogP contribution in [-0.2, 0) is 29.3 Å². The van der Waals surface area contributed by atoms with Crippen molar-refractivity contribution in [1.29, 1.82) is 0 Å². The number of aryl methyl sites for hydroxylation is 2.